The van der Waals surface area contributed by atoms with E-state index in [9.17, 15) is 9.90 Å². The molecule has 1 aliphatic heterocycles. The van der Waals surface area contributed by atoms with E-state index >= 15 is 0 Å². The van der Waals surface area contributed by atoms with Gasteiger partial charge in [0.2, 0.25) is 0 Å². The summed E-state index contributed by atoms with van der Waals surface area (Å²) >= 11 is 8.84. The maximum atomic E-state index is 13.2. The molecule has 1 unspecified atom stereocenters. The Labute approximate surface area is 202 Å². The van der Waals surface area contributed by atoms with Crippen molar-refractivity contribution in [1.29, 1.82) is 0 Å². The fourth-order valence-corrected chi connectivity index (χ4v) is 5.43. The van der Waals surface area contributed by atoms with E-state index in [4.69, 9.17) is 25.8 Å². The van der Waals surface area contributed by atoms with Crippen molar-refractivity contribution in [3.8, 4) is 10.8 Å². The number of carbonyl (C=O) groups excluding carboxylic acids is 1. The van der Waals surface area contributed by atoms with Gasteiger partial charge in [0.05, 0.1) is 36.5 Å². The molecule has 0 amide bonds. The molecule has 1 atom stereocenters. The van der Waals surface area contributed by atoms with Crippen LogP contribution in [0.2, 0.25) is 5.02 Å². The number of aliphatic hydroxyl groups is 1. The average molecular weight is 501 g/mol. The lowest BCUT2D eigenvalue weighted by atomic mass is 9.89. The van der Waals surface area contributed by atoms with E-state index in [-0.39, 0.29) is 12.0 Å². The molecular formula is C23H17ClN2O5S2. The number of rotatable bonds is 6. The second-order valence-electron chi connectivity index (χ2n) is 7.31. The molecule has 33 heavy (non-hydrogen) atoms. The number of hydrogen-bond donors (Lipinski definition) is 1. The van der Waals surface area contributed by atoms with Crippen molar-refractivity contribution in [2.45, 2.75) is 12.2 Å². The summed E-state index contributed by atoms with van der Waals surface area (Å²) in [6.07, 6.45) is 0.266. The highest BCUT2D eigenvalue weighted by Gasteiger charge is 2.48. The van der Waals surface area contributed by atoms with Gasteiger partial charge >= 0.3 is 5.97 Å². The van der Waals surface area contributed by atoms with E-state index in [1.807, 2.05) is 12.1 Å². The monoisotopic (exact) mass is 500 g/mol. The summed E-state index contributed by atoms with van der Waals surface area (Å²) in [5.74, 6) is -2.19. The summed E-state index contributed by atoms with van der Waals surface area (Å²) in [4.78, 5) is 14.1. The summed E-state index contributed by atoms with van der Waals surface area (Å²) in [6.45, 7) is 0. The molecule has 0 saturated carbocycles. The van der Waals surface area contributed by atoms with Crippen molar-refractivity contribution in [3.05, 3.63) is 75.1 Å². The zero-order valence-corrected chi connectivity index (χ0v) is 19.9. The van der Waals surface area contributed by atoms with Crippen LogP contribution in [0.1, 0.15) is 16.0 Å². The van der Waals surface area contributed by atoms with Crippen LogP contribution >= 0.6 is 34.7 Å². The minimum atomic E-state index is -2.01. The molecule has 3 heterocycles. The molecule has 7 nitrogen and oxygen atoms in total. The van der Waals surface area contributed by atoms with E-state index in [1.165, 1.54) is 18.4 Å². The first-order valence-corrected chi connectivity index (χ1v) is 11.7. The van der Waals surface area contributed by atoms with Gasteiger partial charge in [-0.2, -0.15) is 8.75 Å². The van der Waals surface area contributed by atoms with Crippen molar-refractivity contribution in [3.63, 3.8) is 0 Å². The molecule has 0 aliphatic carbocycles. The summed E-state index contributed by atoms with van der Waals surface area (Å²) in [6, 6.07) is 13.9. The van der Waals surface area contributed by atoms with E-state index in [0.29, 0.717) is 33.0 Å². The highest BCUT2D eigenvalue weighted by atomic mass is 35.5. The number of benzene rings is 2. The number of ether oxygens (including phenoxy) is 3. The van der Waals surface area contributed by atoms with E-state index in [1.54, 1.807) is 43.5 Å². The standard InChI is InChI=1S/C23H17ClN2O5S2/c1-29-19-7-4-13(10-16(19)24)23(28)15(11-14-5-8-20(30-2)32-14)21(22(27)31-23)12-3-6-17-18(9-12)26-33-25-17/h3-10,28H,11H2,1-2H3. The van der Waals surface area contributed by atoms with Crippen molar-refractivity contribution in [2.24, 2.45) is 0 Å². The van der Waals surface area contributed by atoms with Crippen LogP contribution < -0.4 is 9.47 Å². The van der Waals surface area contributed by atoms with E-state index < -0.39 is 11.8 Å². The highest BCUT2D eigenvalue weighted by molar-refractivity contribution is 7.13. The van der Waals surface area contributed by atoms with Crippen LogP contribution in [0, 0.1) is 0 Å². The Kier molecular flexibility index (Phi) is 5.57. The molecule has 4 aromatic rings. The molecular weight excluding hydrogens is 484 g/mol. The second kappa shape index (κ2) is 8.42. The number of aromatic nitrogens is 2. The summed E-state index contributed by atoms with van der Waals surface area (Å²) in [7, 11) is 3.09. The van der Waals surface area contributed by atoms with Crippen molar-refractivity contribution in [2.75, 3.05) is 14.2 Å². The first-order valence-electron chi connectivity index (χ1n) is 9.81. The molecule has 0 bridgehead atoms. The third kappa shape index (κ3) is 3.76. The van der Waals surface area contributed by atoms with Gasteiger partial charge in [-0.1, -0.05) is 17.7 Å². The largest absolute Gasteiger partial charge is 0.495 e. The van der Waals surface area contributed by atoms with Gasteiger partial charge in [-0.3, -0.25) is 0 Å². The Morgan fingerprint density at radius 1 is 1.06 bits per heavy atom. The zero-order valence-electron chi connectivity index (χ0n) is 17.5. The number of carbonyl (C=O) groups is 1. The Morgan fingerprint density at radius 3 is 2.61 bits per heavy atom. The molecule has 0 fully saturated rings. The highest BCUT2D eigenvalue weighted by Crippen LogP contribution is 2.46. The smallest absolute Gasteiger partial charge is 0.342 e. The molecule has 0 saturated heterocycles. The molecule has 1 N–H and O–H groups in total. The molecule has 10 heteroatoms. The summed E-state index contributed by atoms with van der Waals surface area (Å²) < 4.78 is 24.6. The normalized spacial score (nSPS) is 18.1. The number of fused-ring (bicyclic) bond motifs is 1. The number of nitrogens with zero attached hydrogens (tertiary/aromatic N) is 2. The van der Waals surface area contributed by atoms with Crippen LogP contribution in [-0.2, 0) is 21.7 Å². The Hall–Kier alpha value is -2.98. The first kappa shape index (κ1) is 21.8. The Balaban J connectivity index is 1.69. The van der Waals surface area contributed by atoms with Gasteiger partial charge in [0, 0.05) is 22.4 Å². The number of cyclic esters (lactones) is 1. The lowest BCUT2D eigenvalue weighted by molar-refractivity contribution is -0.185. The van der Waals surface area contributed by atoms with Crippen molar-refractivity contribution < 1.29 is 24.1 Å². The average Bonchev–Trinajstić information content (AvgIpc) is 3.52. The SMILES string of the molecule is COc1ccc(CC2=C(c3ccc4nsnc4c3)C(=O)OC2(O)c2ccc(OC)c(Cl)c2)s1. The molecule has 5 rings (SSSR count). The number of halogens is 1. The van der Waals surface area contributed by atoms with Gasteiger partial charge < -0.3 is 19.3 Å². The maximum absolute atomic E-state index is 13.2. The predicted molar refractivity (Wildman–Crippen MR) is 127 cm³/mol. The van der Waals surface area contributed by atoms with Gasteiger partial charge in [-0.05, 0) is 48.0 Å². The number of hydrogen-bond acceptors (Lipinski definition) is 9. The van der Waals surface area contributed by atoms with Crippen LogP contribution in [-0.4, -0.2) is 34.0 Å². The van der Waals surface area contributed by atoms with Crippen molar-refractivity contribution >= 4 is 57.2 Å². The predicted octanol–water partition coefficient (Wildman–Crippen LogP) is 4.82. The molecule has 0 radical (unpaired) electrons. The number of thiophene rings is 1. The van der Waals surface area contributed by atoms with Crippen LogP contribution in [0.25, 0.3) is 16.6 Å². The van der Waals surface area contributed by atoms with Crippen molar-refractivity contribution in [1.82, 2.24) is 8.75 Å². The van der Waals surface area contributed by atoms with Gasteiger partial charge in [0.15, 0.2) is 5.06 Å². The van der Waals surface area contributed by atoms with E-state index in [0.717, 1.165) is 27.2 Å². The summed E-state index contributed by atoms with van der Waals surface area (Å²) in [5, 5.41) is 12.8. The topological polar surface area (TPSA) is 90.8 Å². The quantitative estimate of drug-likeness (QED) is 0.379. The van der Waals surface area contributed by atoms with E-state index in [2.05, 4.69) is 8.75 Å². The molecule has 0 spiro atoms. The molecule has 2 aromatic carbocycles. The third-order valence-electron chi connectivity index (χ3n) is 5.43. The Bertz CT molecular complexity index is 1410. The fraction of sp³-hybridized carbons (Fsp3) is 0.174. The van der Waals surface area contributed by atoms with Crippen LogP contribution in [0.4, 0.5) is 0 Å². The van der Waals surface area contributed by atoms with Crippen LogP contribution in [0.15, 0.2) is 54.1 Å². The first-order chi connectivity index (χ1) is 15.9. The minimum absolute atomic E-state index is 0.266. The minimum Gasteiger partial charge on any atom is -0.495 e. The van der Waals surface area contributed by atoms with Crippen LogP contribution in [0.5, 0.6) is 10.8 Å². The lowest BCUT2D eigenvalue weighted by Gasteiger charge is -2.26. The number of methoxy groups -OCH3 is 2. The van der Waals surface area contributed by atoms with Gasteiger partial charge in [0.25, 0.3) is 5.79 Å². The molecule has 2 aromatic heterocycles. The Morgan fingerprint density at radius 2 is 1.88 bits per heavy atom. The molecule has 168 valence electrons. The second-order valence-corrected chi connectivity index (χ2v) is 9.37. The zero-order chi connectivity index (χ0) is 23.2. The number of esters is 1. The lowest BCUT2D eigenvalue weighted by Crippen LogP contribution is -2.29. The molecule has 1 aliphatic rings. The maximum Gasteiger partial charge on any atom is 0.342 e. The summed E-state index contributed by atoms with van der Waals surface area (Å²) in [5.41, 5.74) is 3.00. The fourth-order valence-electron chi connectivity index (χ4n) is 3.82. The van der Waals surface area contributed by atoms with Crippen LogP contribution in [0.3, 0.4) is 0 Å². The third-order valence-corrected chi connectivity index (χ3v) is 7.33. The van der Waals surface area contributed by atoms with Gasteiger partial charge in [-0.25, -0.2) is 4.79 Å². The van der Waals surface area contributed by atoms with Gasteiger partial charge in [-0.15, -0.1) is 11.3 Å². The van der Waals surface area contributed by atoms with Gasteiger partial charge in [0.1, 0.15) is 16.8 Å².